The van der Waals surface area contributed by atoms with E-state index < -0.39 is 17.5 Å². The van der Waals surface area contributed by atoms with Crippen LogP contribution in [0.5, 0.6) is 0 Å². The maximum absolute atomic E-state index is 12.2. The van der Waals surface area contributed by atoms with Crippen molar-refractivity contribution in [2.75, 3.05) is 11.1 Å². The number of carboxylic acids is 1. The van der Waals surface area contributed by atoms with Crippen molar-refractivity contribution in [3.05, 3.63) is 63.4 Å². The summed E-state index contributed by atoms with van der Waals surface area (Å²) in [6.45, 7) is -0.0133. The number of carbonyl (C=O) groups is 2. The summed E-state index contributed by atoms with van der Waals surface area (Å²) in [5.74, 6) is 5.80. The minimum atomic E-state index is -0.950. The zero-order chi connectivity index (χ0) is 23.9. The highest BCUT2D eigenvalue weighted by molar-refractivity contribution is 7.07. The molecule has 0 radical (unpaired) electrons. The van der Waals surface area contributed by atoms with Crippen LogP contribution >= 0.6 is 23.1 Å². The maximum atomic E-state index is 12.2. The highest BCUT2D eigenvalue weighted by Crippen LogP contribution is 2.50. The molecular weight excluding hydrogens is 482 g/mol. The molecule has 1 fully saturated rings. The van der Waals surface area contributed by atoms with Gasteiger partial charge in [-0.3, -0.25) is 10.1 Å². The van der Waals surface area contributed by atoms with E-state index >= 15 is 0 Å². The second-order valence-electron chi connectivity index (χ2n) is 7.67. The largest absolute Gasteiger partial charge is 0.480 e. The Hall–Kier alpha value is -3.94. The number of aromatic nitrogens is 1. The van der Waals surface area contributed by atoms with Crippen LogP contribution in [0.4, 0.5) is 16.3 Å². The summed E-state index contributed by atoms with van der Waals surface area (Å²) in [5.41, 5.74) is 5.82. The summed E-state index contributed by atoms with van der Waals surface area (Å²) in [5, 5.41) is 13.1. The van der Waals surface area contributed by atoms with E-state index in [2.05, 4.69) is 21.5 Å². The van der Waals surface area contributed by atoms with Crippen LogP contribution in [0.1, 0.15) is 34.8 Å². The second kappa shape index (κ2) is 8.44. The van der Waals surface area contributed by atoms with E-state index in [1.165, 1.54) is 0 Å². The first-order valence-corrected chi connectivity index (χ1v) is 11.2. The van der Waals surface area contributed by atoms with Crippen molar-refractivity contribution in [1.29, 1.82) is 0 Å². The molecule has 3 aromatic heterocycles. The van der Waals surface area contributed by atoms with E-state index in [1.54, 1.807) is 36.4 Å². The third-order valence-corrected chi connectivity index (χ3v) is 6.55. The molecule has 172 valence electrons. The standard InChI is InChI=1S/C23H16ClN3O6S/c24-15-4-2-1-3-12(15)11-31-22(30)26-18-16(34-27-19(18)25)6-5-14-9-13-10-17(33-20(13)32-14)23(7-8-23)21(28)29/h1-4,9-10H,7-8,11H2,(H2,25,27)(H,26,30)(H,28,29). The monoisotopic (exact) mass is 497 g/mol. The molecule has 1 aromatic carbocycles. The summed E-state index contributed by atoms with van der Waals surface area (Å²) < 4.78 is 20.4. The van der Waals surface area contributed by atoms with E-state index in [9.17, 15) is 14.7 Å². The number of amides is 1. The summed E-state index contributed by atoms with van der Waals surface area (Å²) in [6.07, 6.45) is 0.341. The quantitative estimate of drug-likeness (QED) is 0.328. The molecule has 1 saturated carbocycles. The lowest BCUT2D eigenvalue weighted by Crippen LogP contribution is -2.18. The number of furan rings is 2. The van der Waals surface area contributed by atoms with Crippen molar-refractivity contribution in [3.8, 4) is 11.8 Å². The molecule has 1 aliphatic carbocycles. The number of fused-ring (bicyclic) bond motifs is 1. The van der Waals surface area contributed by atoms with E-state index in [-0.39, 0.29) is 23.9 Å². The molecule has 0 atom stereocenters. The predicted octanol–water partition coefficient (Wildman–Crippen LogP) is 4.98. The number of hydrogen-bond donors (Lipinski definition) is 3. The average molecular weight is 498 g/mol. The number of hydrogen-bond acceptors (Lipinski definition) is 8. The first-order valence-electron chi connectivity index (χ1n) is 10.1. The summed E-state index contributed by atoms with van der Waals surface area (Å²) in [4.78, 5) is 24.1. The number of carboxylic acid groups (broad SMARTS) is 1. The minimum Gasteiger partial charge on any atom is -0.480 e. The van der Waals surface area contributed by atoms with E-state index in [0.717, 1.165) is 11.5 Å². The van der Waals surface area contributed by atoms with Gasteiger partial charge in [-0.25, -0.2) is 4.79 Å². The normalized spacial score (nSPS) is 13.8. The fourth-order valence-electron chi connectivity index (χ4n) is 3.35. The molecule has 0 saturated heterocycles. The molecule has 34 heavy (non-hydrogen) atoms. The third kappa shape index (κ3) is 4.07. The highest BCUT2D eigenvalue weighted by atomic mass is 35.5. The number of aliphatic carboxylic acids is 1. The highest BCUT2D eigenvalue weighted by Gasteiger charge is 2.54. The molecule has 1 amide bonds. The lowest BCUT2D eigenvalue weighted by atomic mass is 10.0. The number of nitrogens with one attached hydrogen (secondary N) is 1. The van der Waals surface area contributed by atoms with Crippen molar-refractivity contribution in [2.24, 2.45) is 0 Å². The van der Waals surface area contributed by atoms with Crippen LogP contribution in [0.3, 0.4) is 0 Å². The van der Waals surface area contributed by atoms with E-state index in [0.29, 0.717) is 45.2 Å². The number of benzene rings is 1. The summed E-state index contributed by atoms with van der Waals surface area (Å²) in [6, 6.07) is 10.3. The SMILES string of the molecule is Nc1nsc(C#Cc2cc3cc(C4(C(=O)O)CC4)oc3o2)c1NC(=O)OCc1ccccc1Cl. The number of anilines is 2. The van der Waals surface area contributed by atoms with Gasteiger partial charge in [-0.05, 0) is 48.3 Å². The van der Waals surface area contributed by atoms with Gasteiger partial charge in [-0.1, -0.05) is 29.8 Å². The van der Waals surface area contributed by atoms with Crippen LogP contribution in [0.15, 0.2) is 45.2 Å². The van der Waals surface area contributed by atoms with Crippen LogP contribution in [0.2, 0.25) is 5.02 Å². The van der Waals surface area contributed by atoms with Gasteiger partial charge in [0.2, 0.25) is 0 Å². The van der Waals surface area contributed by atoms with Crippen LogP contribution in [0.25, 0.3) is 11.2 Å². The second-order valence-corrected chi connectivity index (χ2v) is 8.85. The molecule has 4 N–H and O–H groups in total. The fourth-order valence-corrected chi connectivity index (χ4v) is 4.17. The van der Waals surface area contributed by atoms with Crippen molar-refractivity contribution in [3.63, 3.8) is 0 Å². The van der Waals surface area contributed by atoms with Crippen LogP contribution in [0, 0.1) is 11.8 Å². The summed E-state index contributed by atoms with van der Waals surface area (Å²) in [7, 11) is 0. The molecule has 3 heterocycles. The maximum Gasteiger partial charge on any atom is 0.412 e. The Morgan fingerprint density at radius 3 is 2.76 bits per heavy atom. The van der Waals surface area contributed by atoms with E-state index in [4.69, 9.17) is 30.9 Å². The molecule has 0 bridgehead atoms. The molecule has 0 unspecified atom stereocenters. The van der Waals surface area contributed by atoms with Crippen molar-refractivity contribution in [2.45, 2.75) is 24.9 Å². The zero-order valence-corrected chi connectivity index (χ0v) is 19.0. The number of nitrogens with zero attached hydrogens (tertiary/aromatic N) is 1. The lowest BCUT2D eigenvalue weighted by molar-refractivity contribution is -0.140. The molecule has 0 spiro atoms. The molecular formula is C23H16ClN3O6S. The van der Waals surface area contributed by atoms with Gasteiger partial charge in [0.15, 0.2) is 11.6 Å². The Morgan fingerprint density at radius 1 is 1.26 bits per heavy atom. The number of rotatable bonds is 5. The van der Waals surface area contributed by atoms with Gasteiger partial charge < -0.3 is 24.4 Å². The molecule has 0 aliphatic heterocycles. The van der Waals surface area contributed by atoms with Gasteiger partial charge in [-0.15, -0.1) is 0 Å². The van der Waals surface area contributed by atoms with Crippen molar-refractivity contribution in [1.82, 2.24) is 4.37 Å². The van der Waals surface area contributed by atoms with Gasteiger partial charge in [0, 0.05) is 16.7 Å². The lowest BCUT2D eigenvalue weighted by Gasteiger charge is -2.07. The number of nitrogens with two attached hydrogens (primary N) is 1. The fraction of sp³-hybridized carbons (Fsp3) is 0.174. The molecule has 5 rings (SSSR count). The molecule has 9 nitrogen and oxygen atoms in total. The first-order chi connectivity index (χ1) is 16.4. The summed E-state index contributed by atoms with van der Waals surface area (Å²) >= 11 is 7.08. The van der Waals surface area contributed by atoms with Gasteiger partial charge in [0.05, 0.1) is 5.39 Å². The van der Waals surface area contributed by atoms with Gasteiger partial charge >= 0.3 is 12.1 Å². The molecule has 4 aromatic rings. The van der Waals surface area contributed by atoms with E-state index in [1.807, 2.05) is 0 Å². The van der Waals surface area contributed by atoms with Crippen molar-refractivity contribution < 1.29 is 28.3 Å². The van der Waals surface area contributed by atoms with Gasteiger partial charge in [-0.2, -0.15) is 4.37 Å². The average Bonchev–Trinajstić information content (AvgIpc) is 3.25. The smallest absolute Gasteiger partial charge is 0.412 e. The predicted molar refractivity (Wildman–Crippen MR) is 125 cm³/mol. The Morgan fingerprint density at radius 2 is 2.06 bits per heavy atom. The van der Waals surface area contributed by atoms with Gasteiger partial charge in [0.1, 0.15) is 28.3 Å². The molecule has 11 heteroatoms. The zero-order valence-electron chi connectivity index (χ0n) is 17.4. The minimum absolute atomic E-state index is 0.0133. The third-order valence-electron chi connectivity index (χ3n) is 5.41. The number of nitrogen functional groups attached to an aromatic ring is 1. The number of carbonyl (C=O) groups excluding carboxylic acids is 1. The molecule has 1 aliphatic rings. The Bertz CT molecular complexity index is 1460. The number of ether oxygens (including phenoxy) is 1. The Kier molecular flexibility index (Phi) is 5.43. The topological polar surface area (TPSA) is 141 Å². The van der Waals surface area contributed by atoms with Gasteiger partial charge in [0.25, 0.3) is 5.78 Å². The number of halogens is 1. The first kappa shape index (κ1) is 21.9. The van der Waals surface area contributed by atoms with Crippen LogP contribution in [-0.2, 0) is 21.6 Å². The van der Waals surface area contributed by atoms with Crippen LogP contribution < -0.4 is 11.1 Å². The Labute approximate surface area is 201 Å². The van der Waals surface area contributed by atoms with Crippen LogP contribution in [-0.4, -0.2) is 21.5 Å². The Balaban J connectivity index is 1.29. The van der Waals surface area contributed by atoms with Crippen molar-refractivity contribution >= 4 is 57.9 Å².